The topological polar surface area (TPSA) is 41.1 Å². The highest BCUT2D eigenvalue weighted by Crippen LogP contribution is 2.29. The Kier molecular flexibility index (Phi) is 3.42. The van der Waals surface area contributed by atoms with Gasteiger partial charge in [-0.2, -0.15) is 0 Å². The number of anilines is 2. The molecule has 0 unspecified atom stereocenters. The number of carbonyl (C=O) groups excluding carboxylic acids is 1. The van der Waals surface area contributed by atoms with Crippen LogP contribution in [-0.4, -0.2) is 12.5 Å². The summed E-state index contributed by atoms with van der Waals surface area (Å²) >= 11 is 0. The molecule has 102 valence electrons. The largest absolute Gasteiger partial charge is 0.385 e. The minimum Gasteiger partial charge on any atom is -0.385 e. The Balaban J connectivity index is 1.89. The summed E-state index contributed by atoms with van der Waals surface area (Å²) in [5, 5.41) is 6.42. The van der Waals surface area contributed by atoms with Gasteiger partial charge in [-0.1, -0.05) is 24.3 Å². The Labute approximate surface area is 119 Å². The molecular weight excluding hydrogens is 248 g/mol. The van der Waals surface area contributed by atoms with Crippen LogP contribution in [0.5, 0.6) is 0 Å². The zero-order valence-corrected chi connectivity index (χ0v) is 11.6. The Morgan fingerprint density at radius 1 is 1.15 bits per heavy atom. The lowest BCUT2D eigenvalue weighted by Crippen LogP contribution is -2.18. The molecule has 1 heterocycles. The third-order valence-corrected chi connectivity index (χ3v) is 3.73. The van der Waals surface area contributed by atoms with Gasteiger partial charge in [-0.25, -0.2) is 0 Å². The Bertz CT molecular complexity index is 649. The molecule has 0 bridgehead atoms. The summed E-state index contributed by atoms with van der Waals surface area (Å²) in [6, 6.07) is 13.7. The van der Waals surface area contributed by atoms with Gasteiger partial charge in [-0.3, -0.25) is 4.79 Å². The van der Waals surface area contributed by atoms with Gasteiger partial charge in [0, 0.05) is 23.5 Å². The molecule has 0 saturated heterocycles. The number of amides is 1. The second-order valence-electron chi connectivity index (χ2n) is 5.13. The van der Waals surface area contributed by atoms with Crippen LogP contribution in [0.3, 0.4) is 0 Å². The molecule has 0 radical (unpaired) electrons. The quantitative estimate of drug-likeness (QED) is 0.872. The molecule has 20 heavy (non-hydrogen) atoms. The van der Waals surface area contributed by atoms with Gasteiger partial charge in [0.05, 0.1) is 0 Å². The average Bonchev–Trinajstić information content (AvgIpc) is 2.48. The van der Waals surface area contributed by atoms with Gasteiger partial charge >= 0.3 is 0 Å². The normalized spacial score (nSPS) is 13.2. The molecule has 0 aromatic heterocycles. The van der Waals surface area contributed by atoms with E-state index in [1.807, 2.05) is 43.3 Å². The van der Waals surface area contributed by atoms with Crippen LogP contribution in [0.1, 0.15) is 27.9 Å². The van der Waals surface area contributed by atoms with Crippen LogP contribution < -0.4 is 10.6 Å². The Morgan fingerprint density at radius 3 is 2.85 bits per heavy atom. The molecule has 1 aliphatic rings. The molecule has 3 heteroatoms. The molecule has 2 N–H and O–H groups in total. The summed E-state index contributed by atoms with van der Waals surface area (Å²) < 4.78 is 0. The van der Waals surface area contributed by atoms with E-state index in [1.54, 1.807) is 0 Å². The Hall–Kier alpha value is -2.29. The minimum absolute atomic E-state index is 0.0397. The number of aryl methyl sites for hydroxylation is 1. The van der Waals surface area contributed by atoms with E-state index in [0.29, 0.717) is 0 Å². The molecule has 0 saturated carbocycles. The van der Waals surface area contributed by atoms with E-state index >= 15 is 0 Å². The Morgan fingerprint density at radius 2 is 2.00 bits per heavy atom. The SMILES string of the molecule is Cc1ccccc1C(=O)Nc1cccc2c1CCCN2. The van der Waals surface area contributed by atoms with Crippen molar-refractivity contribution < 1.29 is 4.79 Å². The van der Waals surface area contributed by atoms with Gasteiger partial charge in [0.2, 0.25) is 0 Å². The highest BCUT2D eigenvalue weighted by atomic mass is 16.1. The predicted molar refractivity (Wildman–Crippen MR) is 82.4 cm³/mol. The van der Waals surface area contributed by atoms with Crippen LogP contribution in [-0.2, 0) is 6.42 Å². The van der Waals surface area contributed by atoms with E-state index in [9.17, 15) is 4.79 Å². The van der Waals surface area contributed by atoms with E-state index in [-0.39, 0.29) is 5.91 Å². The molecule has 0 atom stereocenters. The number of benzene rings is 2. The van der Waals surface area contributed by atoms with Crippen LogP contribution in [0.25, 0.3) is 0 Å². The lowest BCUT2D eigenvalue weighted by molar-refractivity contribution is 0.102. The van der Waals surface area contributed by atoms with Crippen molar-refractivity contribution in [2.45, 2.75) is 19.8 Å². The van der Waals surface area contributed by atoms with Crippen molar-refractivity contribution in [1.29, 1.82) is 0 Å². The fraction of sp³-hybridized carbons (Fsp3) is 0.235. The van der Waals surface area contributed by atoms with E-state index in [2.05, 4.69) is 16.7 Å². The van der Waals surface area contributed by atoms with Gasteiger partial charge in [-0.15, -0.1) is 0 Å². The highest BCUT2D eigenvalue weighted by Gasteiger charge is 2.15. The summed E-state index contributed by atoms with van der Waals surface area (Å²) in [4.78, 5) is 12.4. The van der Waals surface area contributed by atoms with Crippen LogP contribution in [0.15, 0.2) is 42.5 Å². The first-order chi connectivity index (χ1) is 9.75. The summed E-state index contributed by atoms with van der Waals surface area (Å²) in [5.74, 6) is -0.0397. The fourth-order valence-electron chi connectivity index (χ4n) is 2.64. The maximum Gasteiger partial charge on any atom is 0.255 e. The van der Waals surface area contributed by atoms with Crippen molar-refractivity contribution >= 4 is 17.3 Å². The van der Waals surface area contributed by atoms with Crippen molar-refractivity contribution in [2.24, 2.45) is 0 Å². The molecule has 2 aromatic carbocycles. The summed E-state index contributed by atoms with van der Waals surface area (Å²) in [6.45, 7) is 2.96. The third kappa shape index (κ3) is 2.39. The van der Waals surface area contributed by atoms with Gasteiger partial charge < -0.3 is 10.6 Å². The minimum atomic E-state index is -0.0397. The molecule has 1 aliphatic heterocycles. The third-order valence-electron chi connectivity index (χ3n) is 3.73. The lowest BCUT2D eigenvalue weighted by atomic mass is 10.0. The first kappa shape index (κ1) is 12.7. The fourth-order valence-corrected chi connectivity index (χ4v) is 2.64. The van der Waals surface area contributed by atoms with E-state index in [1.165, 1.54) is 5.56 Å². The van der Waals surface area contributed by atoms with Gasteiger partial charge in [-0.05, 0) is 49.1 Å². The molecule has 0 fully saturated rings. The van der Waals surface area contributed by atoms with Crippen LogP contribution in [0.2, 0.25) is 0 Å². The van der Waals surface area contributed by atoms with E-state index in [0.717, 1.165) is 41.9 Å². The molecule has 3 nitrogen and oxygen atoms in total. The smallest absolute Gasteiger partial charge is 0.255 e. The average molecular weight is 266 g/mol. The zero-order chi connectivity index (χ0) is 13.9. The predicted octanol–water partition coefficient (Wildman–Crippen LogP) is 3.61. The number of nitrogens with one attached hydrogen (secondary N) is 2. The maximum atomic E-state index is 12.4. The van der Waals surface area contributed by atoms with E-state index < -0.39 is 0 Å². The molecule has 3 rings (SSSR count). The standard InChI is InChI=1S/C17H18N2O/c1-12-6-2-3-7-13(12)17(20)19-16-10-4-9-15-14(16)8-5-11-18-15/h2-4,6-7,9-10,18H,5,8,11H2,1H3,(H,19,20). The number of rotatable bonds is 2. The van der Waals surface area contributed by atoms with Crippen molar-refractivity contribution in [1.82, 2.24) is 0 Å². The van der Waals surface area contributed by atoms with Crippen molar-refractivity contribution in [3.63, 3.8) is 0 Å². The monoisotopic (exact) mass is 266 g/mol. The number of fused-ring (bicyclic) bond motifs is 1. The molecular formula is C17H18N2O. The second kappa shape index (κ2) is 5.37. The number of hydrogen-bond acceptors (Lipinski definition) is 2. The maximum absolute atomic E-state index is 12.4. The summed E-state index contributed by atoms with van der Waals surface area (Å²) in [6.07, 6.45) is 2.11. The van der Waals surface area contributed by atoms with Crippen molar-refractivity contribution in [2.75, 3.05) is 17.2 Å². The van der Waals surface area contributed by atoms with Gasteiger partial charge in [0.25, 0.3) is 5.91 Å². The summed E-state index contributed by atoms with van der Waals surface area (Å²) in [7, 11) is 0. The molecule has 2 aromatic rings. The zero-order valence-electron chi connectivity index (χ0n) is 11.6. The second-order valence-corrected chi connectivity index (χ2v) is 5.13. The molecule has 0 spiro atoms. The lowest BCUT2D eigenvalue weighted by Gasteiger charge is -2.21. The summed E-state index contributed by atoms with van der Waals surface area (Å²) in [5.41, 5.74) is 4.99. The number of hydrogen-bond donors (Lipinski definition) is 2. The first-order valence-corrected chi connectivity index (χ1v) is 6.98. The van der Waals surface area contributed by atoms with Crippen LogP contribution in [0, 0.1) is 6.92 Å². The first-order valence-electron chi connectivity index (χ1n) is 6.98. The highest BCUT2D eigenvalue weighted by molar-refractivity contribution is 6.06. The van der Waals surface area contributed by atoms with Crippen LogP contribution >= 0.6 is 0 Å². The molecule has 1 amide bonds. The van der Waals surface area contributed by atoms with Gasteiger partial charge in [0.15, 0.2) is 0 Å². The van der Waals surface area contributed by atoms with Crippen molar-refractivity contribution in [3.8, 4) is 0 Å². The van der Waals surface area contributed by atoms with Crippen molar-refractivity contribution in [3.05, 3.63) is 59.2 Å². The molecule has 0 aliphatic carbocycles. The number of carbonyl (C=O) groups is 1. The van der Waals surface area contributed by atoms with E-state index in [4.69, 9.17) is 0 Å². The van der Waals surface area contributed by atoms with Crippen LogP contribution in [0.4, 0.5) is 11.4 Å². The van der Waals surface area contributed by atoms with Gasteiger partial charge in [0.1, 0.15) is 0 Å².